The number of benzene rings is 1. The number of carboxylic acid groups (broad SMARTS) is 1. The molecule has 1 aliphatic rings. The van der Waals surface area contributed by atoms with Crippen LogP contribution in [0.3, 0.4) is 0 Å². The van der Waals surface area contributed by atoms with E-state index in [0.29, 0.717) is 0 Å². The highest BCUT2D eigenvalue weighted by atomic mass is 16.5. The summed E-state index contributed by atoms with van der Waals surface area (Å²) in [6.07, 6.45) is 2.42. The van der Waals surface area contributed by atoms with Crippen LogP contribution < -0.4 is 0 Å². The molecule has 0 heterocycles. The molecule has 1 aromatic rings. The minimum atomic E-state index is -0.715. The van der Waals surface area contributed by atoms with E-state index in [-0.39, 0.29) is 0 Å². The van der Waals surface area contributed by atoms with Crippen LogP contribution in [0.2, 0.25) is 0 Å². The second kappa shape index (κ2) is 4.39. The number of carbonyl (C=O) groups is 1. The van der Waals surface area contributed by atoms with Gasteiger partial charge in [0.05, 0.1) is 11.0 Å². The molecule has 0 aliphatic heterocycles. The first-order valence-corrected chi connectivity index (χ1v) is 6.32. The normalized spacial score (nSPS) is 18.2. The van der Waals surface area contributed by atoms with Crippen LogP contribution in [0.5, 0.6) is 0 Å². The van der Waals surface area contributed by atoms with Gasteiger partial charge in [-0.05, 0) is 37.8 Å². The third-order valence-corrected chi connectivity index (χ3v) is 4.22. The number of hydrogen-bond acceptors (Lipinski definition) is 2. The van der Waals surface area contributed by atoms with Crippen molar-refractivity contribution in [2.45, 2.75) is 44.1 Å². The van der Waals surface area contributed by atoms with Gasteiger partial charge in [0.15, 0.2) is 0 Å². The number of methoxy groups -OCH3 is 1. The summed E-state index contributed by atoms with van der Waals surface area (Å²) >= 11 is 0. The van der Waals surface area contributed by atoms with Crippen molar-refractivity contribution in [2.75, 3.05) is 7.11 Å². The smallest absolute Gasteiger partial charge is 0.314 e. The fraction of sp³-hybridized carbons (Fsp3) is 0.533. The lowest BCUT2D eigenvalue weighted by Gasteiger charge is -2.41. The van der Waals surface area contributed by atoms with Crippen molar-refractivity contribution in [2.24, 2.45) is 0 Å². The van der Waals surface area contributed by atoms with Gasteiger partial charge in [-0.3, -0.25) is 4.79 Å². The SMILES string of the molecule is COC(C)(C)c1ccccc1C1(C(=O)O)CCC1. The zero-order valence-electron chi connectivity index (χ0n) is 11.2. The Balaban J connectivity index is 2.55. The summed E-state index contributed by atoms with van der Waals surface area (Å²) < 4.78 is 5.51. The van der Waals surface area contributed by atoms with Gasteiger partial charge in [0.2, 0.25) is 0 Å². The number of aliphatic carboxylic acids is 1. The monoisotopic (exact) mass is 248 g/mol. The first-order chi connectivity index (χ1) is 8.44. The molecule has 1 aliphatic carbocycles. The molecule has 0 aromatic heterocycles. The summed E-state index contributed by atoms with van der Waals surface area (Å²) in [6.45, 7) is 3.94. The van der Waals surface area contributed by atoms with E-state index in [1.54, 1.807) is 7.11 Å². The maximum absolute atomic E-state index is 11.6. The molecule has 3 nitrogen and oxygen atoms in total. The lowest BCUT2D eigenvalue weighted by Crippen LogP contribution is -2.44. The van der Waals surface area contributed by atoms with Crippen molar-refractivity contribution < 1.29 is 14.6 Å². The molecule has 0 unspecified atom stereocenters. The summed E-state index contributed by atoms with van der Waals surface area (Å²) in [7, 11) is 1.66. The molecule has 98 valence electrons. The van der Waals surface area contributed by atoms with Crippen LogP contribution in [-0.2, 0) is 20.5 Å². The van der Waals surface area contributed by atoms with E-state index in [4.69, 9.17) is 4.74 Å². The van der Waals surface area contributed by atoms with Crippen LogP contribution in [-0.4, -0.2) is 18.2 Å². The van der Waals surface area contributed by atoms with Crippen LogP contribution in [0.15, 0.2) is 24.3 Å². The van der Waals surface area contributed by atoms with Crippen LogP contribution in [0.25, 0.3) is 0 Å². The molecule has 18 heavy (non-hydrogen) atoms. The fourth-order valence-corrected chi connectivity index (χ4v) is 2.66. The highest BCUT2D eigenvalue weighted by Crippen LogP contribution is 2.47. The van der Waals surface area contributed by atoms with E-state index in [9.17, 15) is 9.90 Å². The maximum atomic E-state index is 11.6. The molecule has 0 atom stereocenters. The van der Waals surface area contributed by atoms with Crippen molar-refractivity contribution in [1.29, 1.82) is 0 Å². The molecule has 0 saturated heterocycles. The molecular weight excluding hydrogens is 228 g/mol. The van der Waals surface area contributed by atoms with E-state index in [2.05, 4.69) is 0 Å². The van der Waals surface area contributed by atoms with Gasteiger partial charge in [0.1, 0.15) is 0 Å². The number of hydrogen-bond donors (Lipinski definition) is 1. The van der Waals surface area contributed by atoms with E-state index in [1.165, 1.54) is 0 Å². The topological polar surface area (TPSA) is 46.5 Å². The van der Waals surface area contributed by atoms with E-state index in [1.807, 2.05) is 38.1 Å². The molecule has 1 N–H and O–H groups in total. The lowest BCUT2D eigenvalue weighted by atomic mass is 9.62. The van der Waals surface area contributed by atoms with Crippen LogP contribution in [0, 0.1) is 0 Å². The lowest BCUT2D eigenvalue weighted by molar-refractivity contribution is -0.147. The highest BCUT2D eigenvalue weighted by Gasteiger charge is 2.48. The molecule has 1 aromatic carbocycles. The van der Waals surface area contributed by atoms with Crippen LogP contribution in [0.1, 0.15) is 44.2 Å². The van der Waals surface area contributed by atoms with Gasteiger partial charge in [0, 0.05) is 7.11 Å². The van der Waals surface area contributed by atoms with E-state index in [0.717, 1.165) is 30.4 Å². The molecule has 0 amide bonds. The summed E-state index contributed by atoms with van der Waals surface area (Å²) in [6, 6.07) is 7.76. The minimum absolute atomic E-state index is 0.464. The quantitative estimate of drug-likeness (QED) is 0.890. The average molecular weight is 248 g/mol. The van der Waals surface area contributed by atoms with Gasteiger partial charge in [-0.25, -0.2) is 0 Å². The second-order valence-corrected chi connectivity index (χ2v) is 5.50. The van der Waals surface area contributed by atoms with Gasteiger partial charge in [0.25, 0.3) is 0 Å². The highest BCUT2D eigenvalue weighted by molar-refractivity contribution is 5.83. The first-order valence-electron chi connectivity index (χ1n) is 6.32. The van der Waals surface area contributed by atoms with Gasteiger partial charge >= 0.3 is 5.97 Å². The molecule has 2 rings (SSSR count). The Morgan fingerprint density at radius 1 is 1.33 bits per heavy atom. The van der Waals surface area contributed by atoms with Crippen LogP contribution in [0.4, 0.5) is 0 Å². The Labute approximate surface area is 108 Å². The summed E-state index contributed by atoms with van der Waals surface area (Å²) in [5.74, 6) is -0.715. The van der Waals surface area contributed by atoms with Gasteiger partial charge < -0.3 is 9.84 Å². The van der Waals surface area contributed by atoms with E-state index >= 15 is 0 Å². The van der Waals surface area contributed by atoms with Gasteiger partial charge in [-0.2, -0.15) is 0 Å². The summed E-state index contributed by atoms with van der Waals surface area (Å²) in [5.41, 5.74) is 0.728. The average Bonchev–Trinajstić information content (AvgIpc) is 2.27. The Morgan fingerprint density at radius 2 is 1.94 bits per heavy atom. The van der Waals surface area contributed by atoms with Gasteiger partial charge in [-0.1, -0.05) is 30.7 Å². The molecule has 0 spiro atoms. The largest absolute Gasteiger partial charge is 0.481 e. The third-order valence-electron chi connectivity index (χ3n) is 4.22. The number of ether oxygens (including phenoxy) is 1. The van der Waals surface area contributed by atoms with Gasteiger partial charge in [-0.15, -0.1) is 0 Å². The number of carboxylic acids is 1. The van der Waals surface area contributed by atoms with Crippen molar-refractivity contribution in [3.05, 3.63) is 35.4 Å². The molecule has 3 heteroatoms. The van der Waals surface area contributed by atoms with Crippen LogP contribution >= 0.6 is 0 Å². The Morgan fingerprint density at radius 3 is 2.39 bits per heavy atom. The molecule has 0 bridgehead atoms. The number of rotatable bonds is 4. The Kier molecular flexibility index (Phi) is 3.20. The van der Waals surface area contributed by atoms with Crippen molar-refractivity contribution in [1.82, 2.24) is 0 Å². The Hall–Kier alpha value is -1.35. The van der Waals surface area contributed by atoms with Crippen molar-refractivity contribution in [3.8, 4) is 0 Å². The first kappa shape index (κ1) is 13.1. The molecular formula is C15H20O3. The molecule has 1 saturated carbocycles. The second-order valence-electron chi connectivity index (χ2n) is 5.50. The predicted octanol–water partition coefficient (Wildman–Crippen LogP) is 3.07. The maximum Gasteiger partial charge on any atom is 0.314 e. The molecule has 0 radical (unpaired) electrons. The minimum Gasteiger partial charge on any atom is -0.481 e. The Bertz CT molecular complexity index is 459. The zero-order valence-corrected chi connectivity index (χ0v) is 11.2. The zero-order chi connectivity index (χ0) is 13.4. The summed E-state index contributed by atoms with van der Waals surface area (Å²) in [4.78, 5) is 11.6. The van der Waals surface area contributed by atoms with Crippen molar-refractivity contribution in [3.63, 3.8) is 0 Å². The fourth-order valence-electron chi connectivity index (χ4n) is 2.66. The third kappa shape index (κ3) is 1.83. The standard InChI is InChI=1S/C15H20O3/c1-14(2,18-3)11-7-4-5-8-12(11)15(13(16)17)9-6-10-15/h4-5,7-8H,6,9-10H2,1-3H3,(H,16,17). The summed E-state index contributed by atoms with van der Waals surface area (Å²) in [5, 5.41) is 9.56. The van der Waals surface area contributed by atoms with E-state index < -0.39 is 17.0 Å². The predicted molar refractivity (Wildman–Crippen MR) is 69.6 cm³/mol. The molecule has 1 fully saturated rings. The van der Waals surface area contributed by atoms with Crippen molar-refractivity contribution >= 4 is 5.97 Å².